The van der Waals surface area contributed by atoms with E-state index in [2.05, 4.69) is 13.8 Å². The van der Waals surface area contributed by atoms with Gasteiger partial charge in [0.2, 0.25) is 0 Å². The number of carbonyl (C=O) groups is 1. The van der Waals surface area contributed by atoms with E-state index < -0.39 is 0 Å². The van der Waals surface area contributed by atoms with Crippen molar-refractivity contribution in [2.24, 2.45) is 11.3 Å². The molecule has 0 aromatic rings. The summed E-state index contributed by atoms with van der Waals surface area (Å²) in [5.74, 6) is 0.699. The third-order valence-electron chi connectivity index (χ3n) is 2.97. The SMILES string of the molecule is CC(C)C(C)(C)C(=O)CCCCO. The zero-order chi connectivity index (χ0) is 10.5. The Hall–Kier alpha value is -0.370. The number of aliphatic hydroxyl groups excluding tert-OH is 1. The molecule has 0 heterocycles. The van der Waals surface area contributed by atoms with Crippen molar-refractivity contribution in [3.05, 3.63) is 0 Å². The average molecular weight is 186 g/mol. The van der Waals surface area contributed by atoms with Gasteiger partial charge in [-0.1, -0.05) is 27.7 Å². The fraction of sp³-hybridized carbons (Fsp3) is 0.909. The van der Waals surface area contributed by atoms with Gasteiger partial charge in [-0.2, -0.15) is 0 Å². The van der Waals surface area contributed by atoms with Crippen molar-refractivity contribution in [3.63, 3.8) is 0 Å². The highest BCUT2D eigenvalue weighted by Gasteiger charge is 2.29. The molecular formula is C11H22O2. The maximum atomic E-state index is 11.7. The van der Waals surface area contributed by atoms with E-state index in [4.69, 9.17) is 5.11 Å². The summed E-state index contributed by atoms with van der Waals surface area (Å²) in [4.78, 5) is 11.7. The number of aliphatic hydroxyl groups is 1. The van der Waals surface area contributed by atoms with Gasteiger partial charge in [-0.15, -0.1) is 0 Å². The molecule has 0 radical (unpaired) electrons. The molecule has 0 aromatic heterocycles. The Balaban J connectivity index is 3.95. The van der Waals surface area contributed by atoms with Gasteiger partial charge in [0.05, 0.1) is 0 Å². The van der Waals surface area contributed by atoms with Crippen LogP contribution in [0, 0.1) is 11.3 Å². The van der Waals surface area contributed by atoms with Gasteiger partial charge >= 0.3 is 0 Å². The van der Waals surface area contributed by atoms with E-state index in [1.807, 2.05) is 13.8 Å². The predicted octanol–water partition coefficient (Wildman–Crippen LogP) is 2.40. The first-order valence-corrected chi connectivity index (χ1v) is 5.07. The number of unbranched alkanes of at least 4 members (excludes halogenated alkanes) is 1. The van der Waals surface area contributed by atoms with E-state index in [1.54, 1.807) is 0 Å². The maximum absolute atomic E-state index is 11.7. The van der Waals surface area contributed by atoms with Gasteiger partial charge in [-0.3, -0.25) is 4.79 Å². The van der Waals surface area contributed by atoms with Crippen LogP contribution in [0.2, 0.25) is 0 Å². The van der Waals surface area contributed by atoms with Crippen LogP contribution in [0.3, 0.4) is 0 Å². The standard InChI is InChI=1S/C11H22O2/c1-9(2)11(3,4)10(13)7-5-6-8-12/h9,12H,5-8H2,1-4H3. The minimum absolute atomic E-state index is 0.190. The monoisotopic (exact) mass is 186 g/mol. The molecular weight excluding hydrogens is 164 g/mol. The average Bonchev–Trinajstić information content (AvgIpc) is 2.04. The van der Waals surface area contributed by atoms with Crippen LogP contribution in [0.25, 0.3) is 0 Å². The first kappa shape index (κ1) is 12.6. The molecule has 0 spiro atoms. The molecule has 0 unspecified atom stereocenters. The van der Waals surface area contributed by atoms with Crippen molar-refractivity contribution < 1.29 is 9.90 Å². The summed E-state index contributed by atoms with van der Waals surface area (Å²) in [5.41, 5.74) is -0.213. The van der Waals surface area contributed by atoms with Crippen LogP contribution < -0.4 is 0 Å². The number of hydrogen-bond donors (Lipinski definition) is 1. The molecule has 0 bridgehead atoms. The second-order valence-electron chi connectivity index (χ2n) is 4.48. The van der Waals surface area contributed by atoms with Crippen molar-refractivity contribution in [1.29, 1.82) is 0 Å². The molecule has 0 saturated carbocycles. The van der Waals surface area contributed by atoms with Crippen LogP contribution in [0.5, 0.6) is 0 Å². The lowest BCUT2D eigenvalue weighted by Crippen LogP contribution is -2.29. The number of ketones is 1. The lowest BCUT2D eigenvalue weighted by molar-refractivity contribution is -0.129. The molecule has 2 nitrogen and oxygen atoms in total. The van der Waals surface area contributed by atoms with Gasteiger partial charge in [-0.25, -0.2) is 0 Å². The fourth-order valence-electron chi connectivity index (χ4n) is 1.04. The fourth-order valence-corrected chi connectivity index (χ4v) is 1.04. The number of rotatable bonds is 6. The van der Waals surface area contributed by atoms with Gasteiger partial charge in [0.25, 0.3) is 0 Å². The summed E-state index contributed by atoms with van der Waals surface area (Å²) in [5, 5.41) is 8.58. The largest absolute Gasteiger partial charge is 0.396 e. The van der Waals surface area contributed by atoms with Crippen LogP contribution in [0.1, 0.15) is 47.0 Å². The third-order valence-corrected chi connectivity index (χ3v) is 2.97. The summed E-state index contributed by atoms with van der Waals surface area (Å²) < 4.78 is 0. The van der Waals surface area contributed by atoms with Crippen LogP contribution in [-0.4, -0.2) is 17.5 Å². The molecule has 0 saturated heterocycles. The molecule has 0 rings (SSSR count). The summed E-state index contributed by atoms with van der Waals surface area (Å²) in [6.07, 6.45) is 2.15. The van der Waals surface area contributed by atoms with Crippen LogP contribution >= 0.6 is 0 Å². The molecule has 1 N–H and O–H groups in total. The van der Waals surface area contributed by atoms with E-state index >= 15 is 0 Å². The van der Waals surface area contributed by atoms with E-state index in [0.717, 1.165) is 12.8 Å². The Bertz CT molecular complexity index is 159. The Morgan fingerprint density at radius 2 is 1.85 bits per heavy atom. The zero-order valence-electron chi connectivity index (χ0n) is 9.26. The Morgan fingerprint density at radius 3 is 2.23 bits per heavy atom. The zero-order valence-corrected chi connectivity index (χ0v) is 9.26. The minimum Gasteiger partial charge on any atom is -0.396 e. The molecule has 0 amide bonds. The molecule has 0 aliphatic carbocycles. The van der Waals surface area contributed by atoms with E-state index in [1.165, 1.54) is 0 Å². The van der Waals surface area contributed by atoms with Crippen molar-refractivity contribution >= 4 is 5.78 Å². The van der Waals surface area contributed by atoms with Gasteiger partial charge in [0.1, 0.15) is 5.78 Å². The van der Waals surface area contributed by atoms with Gasteiger partial charge in [0.15, 0.2) is 0 Å². The van der Waals surface area contributed by atoms with Gasteiger partial charge in [0, 0.05) is 18.4 Å². The highest BCUT2D eigenvalue weighted by atomic mass is 16.2. The van der Waals surface area contributed by atoms with Crippen LogP contribution in [-0.2, 0) is 4.79 Å². The second kappa shape index (κ2) is 5.38. The van der Waals surface area contributed by atoms with Crippen molar-refractivity contribution in [2.75, 3.05) is 6.61 Å². The molecule has 2 heteroatoms. The van der Waals surface area contributed by atoms with Crippen LogP contribution in [0.4, 0.5) is 0 Å². The van der Waals surface area contributed by atoms with Crippen molar-refractivity contribution in [1.82, 2.24) is 0 Å². The lowest BCUT2D eigenvalue weighted by Gasteiger charge is -2.27. The minimum atomic E-state index is -0.213. The quantitative estimate of drug-likeness (QED) is 0.647. The van der Waals surface area contributed by atoms with Crippen molar-refractivity contribution in [3.8, 4) is 0 Å². The summed E-state index contributed by atoms with van der Waals surface area (Å²) >= 11 is 0. The topological polar surface area (TPSA) is 37.3 Å². The Morgan fingerprint density at radius 1 is 1.31 bits per heavy atom. The second-order valence-corrected chi connectivity index (χ2v) is 4.48. The highest BCUT2D eigenvalue weighted by molar-refractivity contribution is 5.84. The molecule has 0 aliphatic rings. The maximum Gasteiger partial charge on any atom is 0.138 e. The first-order valence-electron chi connectivity index (χ1n) is 5.07. The third kappa shape index (κ3) is 3.90. The predicted molar refractivity (Wildman–Crippen MR) is 54.6 cm³/mol. The first-order chi connectivity index (χ1) is 5.92. The number of hydrogen-bond acceptors (Lipinski definition) is 2. The summed E-state index contributed by atoms with van der Waals surface area (Å²) in [6.45, 7) is 8.33. The molecule has 0 atom stereocenters. The summed E-state index contributed by atoms with van der Waals surface area (Å²) in [6, 6.07) is 0. The van der Waals surface area contributed by atoms with Gasteiger partial charge < -0.3 is 5.11 Å². The van der Waals surface area contributed by atoms with E-state index in [-0.39, 0.29) is 12.0 Å². The lowest BCUT2D eigenvalue weighted by atomic mass is 9.76. The molecule has 0 fully saturated rings. The molecule has 13 heavy (non-hydrogen) atoms. The van der Waals surface area contributed by atoms with Crippen molar-refractivity contribution in [2.45, 2.75) is 47.0 Å². The van der Waals surface area contributed by atoms with E-state index in [9.17, 15) is 4.79 Å². The molecule has 0 aromatic carbocycles. The highest BCUT2D eigenvalue weighted by Crippen LogP contribution is 2.28. The summed E-state index contributed by atoms with van der Waals surface area (Å²) in [7, 11) is 0. The van der Waals surface area contributed by atoms with Gasteiger partial charge in [-0.05, 0) is 18.8 Å². The Labute approximate surface area is 81.3 Å². The van der Waals surface area contributed by atoms with Crippen LogP contribution in [0.15, 0.2) is 0 Å². The smallest absolute Gasteiger partial charge is 0.138 e. The number of carbonyl (C=O) groups excluding carboxylic acids is 1. The van der Waals surface area contributed by atoms with E-state index in [0.29, 0.717) is 18.1 Å². The Kier molecular flexibility index (Phi) is 5.23. The molecule has 0 aliphatic heterocycles. The number of Topliss-reactive ketones (excluding diaryl/α,β-unsaturated/α-hetero) is 1. The molecule has 78 valence electrons. The normalized spacial score (nSPS) is 12.2.